The lowest BCUT2D eigenvalue weighted by Crippen LogP contribution is -2.39. The third-order valence-electron chi connectivity index (χ3n) is 4.91. The van der Waals surface area contributed by atoms with Crippen LogP contribution in [0.5, 0.6) is 0 Å². The number of halogens is 1. The van der Waals surface area contributed by atoms with E-state index in [2.05, 4.69) is 25.9 Å². The van der Waals surface area contributed by atoms with Crippen molar-refractivity contribution < 1.29 is 9.59 Å². The van der Waals surface area contributed by atoms with Crippen LogP contribution in [-0.2, 0) is 16.0 Å². The zero-order valence-electron chi connectivity index (χ0n) is 16.4. The van der Waals surface area contributed by atoms with Gasteiger partial charge < -0.3 is 16.0 Å². The van der Waals surface area contributed by atoms with Crippen molar-refractivity contribution in [1.29, 1.82) is 0 Å². The van der Waals surface area contributed by atoms with E-state index < -0.39 is 11.5 Å². The zero-order chi connectivity index (χ0) is 21.8. The lowest BCUT2D eigenvalue weighted by atomic mass is 9.92. The Morgan fingerprint density at radius 3 is 2.71 bits per heavy atom. The molecule has 31 heavy (non-hydrogen) atoms. The second-order valence-corrected chi connectivity index (χ2v) is 7.58. The Kier molecular flexibility index (Phi) is 5.99. The summed E-state index contributed by atoms with van der Waals surface area (Å²) in [7, 11) is 0. The fraction of sp³-hybridized carbons (Fsp3) is 0.182. The molecule has 158 valence electrons. The first-order chi connectivity index (χ1) is 15.0. The van der Waals surface area contributed by atoms with Crippen LogP contribution < -0.4 is 21.5 Å². The Hall–Kier alpha value is -3.65. The van der Waals surface area contributed by atoms with Gasteiger partial charge in [0, 0.05) is 23.7 Å². The Morgan fingerprint density at radius 2 is 1.94 bits per heavy atom. The van der Waals surface area contributed by atoms with Crippen LogP contribution in [-0.4, -0.2) is 28.3 Å². The van der Waals surface area contributed by atoms with Crippen molar-refractivity contribution in [1.82, 2.24) is 15.3 Å². The zero-order valence-corrected chi connectivity index (χ0v) is 17.2. The monoisotopic (exact) mass is 437 g/mol. The van der Waals surface area contributed by atoms with Gasteiger partial charge >= 0.3 is 0 Å². The molecule has 2 heterocycles. The molecule has 1 atom stereocenters. The molecule has 8 nitrogen and oxygen atoms in total. The first-order valence-electron chi connectivity index (χ1n) is 9.78. The fourth-order valence-corrected chi connectivity index (χ4v) is 3.65. The number of nitrogens with zero attached hydrogens (tertiary/aromatic N) is 1. The van der Waals surface area contributed by atoms with Crippen molar-refractivity contribution in [2.45, 2.75) is 18.8 Å². The molecule has 4 rings (SSSR count). The summed E-state index contributed by atoms with van der Waals surface area (Å²) in [5.41, 5.74) is 1.36. The van der Waals surface area contributed by atoms with Gasteiger partial charge in [-0.25, -0.2) is 0 Å². The number of benzene rings is 2. The normalized spacial score (nSPS) is 15.0. The average molecular weight is 438 g/mol. The number of rotatable bonds is 6. The number of fused-ring (bicyclic) bond motifs is 1. The van der Waals surface area contributed by atoms with Gasteiger partial charge in [0.05, 0.1) is 11.5 Å². The summed E-state index contributed by atoms with van der Waals surface area (Å²) in [5, 5.41) is 8.87. The number of anilines is 3. The molecule has 1 aliphatic rings. The highest BCUT2D eigenvalue weighted by Crippen LogP contribution is 2.29. The molecule has 9 heteroatoms. The van der Waals surface area contributed by atoms with Gasteiger partial charge in [-0.05, 0) is 30.2 Å². The highest BCUT2D eigenvalue weighted by Gasteiger charge is 2.34. The lowest BCUT2D eigenvalue weighted by Gasteiger charge is -2.23. The molecular weight excluding hydrogens is 418 g/mol. The average Bonchev–Trinajstić information content (AvgIpc) is 2.73. The molecule has 1 aliphatic heterocycles. The number of aromatic amines is 1. The van der Waals surface area contributed by atoms with Gasteiger partial charge in [-0.3, -0.25) is 19.4 Å². The number of carbonyl (C=O) groups excluding carboxylic acids is 2. The van der Waals surface area contributed by atoms with Crippen LogP contribution in [0.1, 0.15) is 23.5 Å². The number of nitrogens with one attached hydrogen (secondary N) is 4. The minimum atomic E-state index is -0.906. The summed E-state index contributed by atoms with van der Waals surface area (Å²) < 4.78 is 0. The van der Waals surface area contributed by atoms with Crippen LogP contribution in [0.3, 0.4) is 0 Å². The van der Waals surface area contributed by atoms with E-state index in [4.69, 9.17) is 11.6 Å². The van der Waals surface area contributed by atoms with Crippen molar-refractivity contribution in [3.63, 3.8) is 0 Å². The molecule has 4 N–H and O–H groups in total. The number of aromatic nitrogens is 2. The van der Waals surface area contributed by atoms with Crippen LogP contribution >= 0.6 is 11.6 Å². The van der Waals surface area contributed by atoms with Crippen molar-refractivity contribution in [2.75, 3.05) is 17.2 Å². The topological polar surface area (TPSA) is 116 Å². The maximum absolute atomic E-state index is 12.8. The van der Waals surface area contributed by atoms with E-state index in [1.54, 1.807) is 24.3 Å². The number of hydrogen-bond donors (Lipinski definition) is 4. The standard InChI is InChI=1S/C22H20ClN5O3/c23-14-7-4-8-15(11-14)25-22-27-19-18(21(31)28-22)16(12-17(29)26-19)20(30)24-10-9-13-5-2-1-3-6-13/h1-8,11,16H,9-10,12H2,(H,24,30)(H3,25,26,27,28,29,31)/t16-/m0/s1. The molecule has 2 amide bonds. The van der Waals surface area contributed by atoms with E-state index in [0.29, 0.717) is 23.7 Å². The Morgan fingerprint density at radius 1 is 1.13 bits per heavy atom. The van der Waals surface area contributed by atoms with Crippen LogP contribution in [0.15, 0.2) is 59.4 Å². The van der Waals surface area contributed by atoms with Crippen LogP contribution in [0, 0.1) is 0 Å². The molecule has 0 bridgehead atoms. The molecule has 2 aromatic carbocycles. The quantitative estimate of drug-likeness (QED) is 0.473. The van der Waals surface area contributed by atoms with Crippen molar-refractivity contribution in [2.24, 2.45) is 0 Å². The minimum absolute atomic E-state index is 0.0766. The van der Waals surface area contributed by atoms with Gasteiger partial charge in [-0.1, -0.05) is 48.0 Å². The van der Waals surface area contributed by atoms with Gasteiger partial charge in [0.15, 0.2) is 0 Å². The van der Waals surface area contributed by atoms with Crippen LogP contribution in [0.2, 0.25) is 5.02 Å². The predicted octanol–water partition coefficient (Wildman–Crippen LogP) is 2.95. The number of carbonyl (C=O) groups is 2. The third-order valence-corrected chi connectivity index (χ3v) is 5.15. The molecule has 3 aromatic rings. The van der Waals surface area contributed by atoms with Gasteiger partial charge in [0.1, 0.15) is 5.82 Å². The van der Waals surface area contributed by atoms with E-state index in [0.717, 1.165) is 5.56 Å². The van der Waals surface area contributed by atoms with Gasteiger partial charge in [-0.15, -0.1) is 0 Å². The van der Waals surface area contributed by atoms with Crippen LogP contribution in [0.25, 0.3) is 0 Å². The number of H-pyrrole nitrogens is 1. The largest absolute Gasteiger partial charge is 0.355 e. The Labute approximate surface area is 183 Å². The van der Waals surface area contributed by atoms with Crippen molar-refractivity contribution >= 4 is 40.9 Å². The maximum atomic E-state index is 12.8. The third kappa shape index (κ3) is 4.92. The summed E-state index contributed by atoms with van der Waals surface area (Å²) in [5.74, 6) is -1.45. The van der Waals surface area contributed by atoms with Crippen LogP contribution in [0.4, 0.5) is 17.5 Å². The first-order valence-corrected chi connectivity index (χ1v) is 10.2. The second-order valence-electron chi connectivity index (χ2n) is 7.14. The van der Waals surface area contributed by atoms with Gasteiger partial charge in [0.25, 0.3) is 5.56 Å². The number of hydrogen-bond acceptors (Lipinski definition) is 5. The SMILES string of the molecule is O=C1C[C@H](C(=O)NCCc2ccccc2)c2c(nc(Nc3cccc(Cl)c3)[nH]c2=O)N1. The summed E-state index contributed by atoms with van der Waals surface area (Å²) in [6.45, 7) is 0.399. The molecule has 0 unspecified atom stereocenters. The van der Waals surface area contributed by atoms with Gasteiger partial charge in [-0.2, -0.15) is 4.98 Å². The molecule has 0 aliphatic carbocycles. The summed E-state index contributed by atoms with van der Waals surface area (Å²) in [6, 6.07) is 16.6. The highest BCUT2D eigenvalue weighted by atomic mass is 35.5. The Balaban J connectivity index is 1.52. The molecule has 0 saturated carbocycles. The maximum Gasteiger partial charge on any atom is 0.258 e. The molecule has 0 fully saturated rings. The molecular formula is C22H20ClN5O3. The Bertz CT molecular complexity index is 1180. The molecule has 1 aromatic heterocycles. The lowest BCUT2D eigenvalue weighted by molar-refractivity contribution is -0.126. The summed E-state index contributed by atoms with van der Waals surface area (Å²) in [4.78, 5) is 44.6. The molecule has 0 radical (unpaired) electrons. The van der Waals surface area contributed by atoms with Gasteiger partial charge in [0.2, 0.25) is 17.8 Å². The van der Waals surface area contributed by atoms with Crippen molar-refractivity contribution in [3.05, 3.63) is 81.1 Å². The van der Waals surface area contributed by atoms with E-state index in [1.165, 1.54) is 0 Å². The second kappa shape index (κ2) is 9.01. The highest BCUT2D eigenvalue weighted by molar-refractivity contribution is 6.30. The van der Waals surface area contributed by atoms with E-state index >= 15 is 0 Å². The van der Waals surface area contributed by atoms with E-state index in [9.17, 15) is 14.4 Å². The minimum Gasteiger partial charge on any atom is -0.355 e. The molecule has 0 spiro atoms. The van der Waals surface area contributed by atoms with E-state index in [-0.39, 0.29) is 35.6 Å². The predicted molar refractivity (Wildman–Crippen MR) is 119 cm³/mol. The molecule has 0 saturated heterocycles. The fourth-order valence-electron chi connectivity index (χ4n) is 3.46. The van der Waals surface area contributed by atoms with E-state index in [1.807, 2.05) is 30.3 Å². The summed E-state index contributed by atoms with van der Waals surface area (Å²) >= 11 is 5.98. The van der Waals surface area contributed by atoms with Crippen molar-refractivity contribution in [3.8, 4) is 0 Å². The summed E-state index contributed by atoms with van der Waals surface area (Å²) in [6.07, 6.45) is 0.533. The number of amides is 2. The first kappa shape index (κ1) is 20.6. The smallest absolute Gasteiger partial charge is 0.258 e.